The van der Waals surface area contributed by atoms with Crippen LogP contribution in [0.25, 0.3) is 0 Å². The monoisotopic (exact) mass is 429 g/mol. The van der Waals surface area contributed by atoms with Crippen LogP contribution in [0.5, 0.6) is 11.5 Å². The summed E-state index contributed by atoms with van der Waals surface area (Å²) in [4.78, 5) is 18.2. The molecule has 1 heterocycles. The number of hydrogen-bond acceptors (Lipinski definition) is 6. The van der Waals surface area contributed by atoms with Gasteiger partial charge in [0.15, 0.2) is 11.5 Å². The van der Waals surface area contributed by atoms with Crippen LogP contribution < -0.4 is 14.8 Å². The molecule has 1 N–H and O–H groups in total. The zero-order valence-corrected chi connectivity index (χ0v) is 19.1. The number of methoxy groups -OCH3 is 2. The summed E-state index contributed by atoms with van der Waals surface area (Å²) in [5, 5.41) is 3.05. The van der Waals surface area contributed by atoms with Crippen LogP contribution in [0.2, 0.25) is 0 Å². The smallest absolute Gasteiger partial charge is 0.238 e. The number of nitrogens with one attached hydrogen (secondary N) is 1. The molecule has 0 unspecified atom stereocenters. The Morgan fingerprint density at radius 1 is 1.03 bits per heavy atom. The summed E-state index contributed by atoms with van der Waals surface area (Å²) >= 11 is 1.64. The number of aryl methyl sites for hydroxylation is 1. The number of thioether (sulfide) groups is 1. The van der Waals surface area contributed by atoms with Crippen LogP contribution in [0.15, 0.2) is 41.3 Å². The van der Waals surface area contributed by atoms with E-state index >= 15 is 0 Å². The van der Waals surface area contributed by atoms with Gasteiger partial charge in [-0.3, -0.25) is 14.6 Å². The van der Waals surface area contributed by atoms with Crippen molar-refractivity contribution in [2.24, 2.45) is 0 Å². The molecule has 0 atom stereocenters. The van der Waals surface area contributed by atoms with Gasteiger partial charge in [0.05, 0.1) is 26.5 Å². The van der Waals surface area contributed by atoms with Gasteiger partial charge in [0.25, 0.3) is 0 Å². The first-order valence-corrected chi connectivity index (χ1v) is 11.4. The Morgan fingerprint density at radius 3 is 2.33 bits per heavy atom. The van der Waals surface area contributed by atoms with E-state index in [1.807, 2.05) is 36.6 Å². The standard InChI is InChI=1S/C23H31N3O3S/c1-17-13-20(28-2)21(29-3)14-18(17)15-25-9-11-26(12-10-25)16-23(27)24-19-7-5-6-8-22(19)30-4/h5-8,13-14H,9-12,15-16H2,1-4H3,(H,24,27). The van der Waals surface area contributed by atoms with E-state index < -0.39 is 0 Å². The molecule has 1 saturated heterocycles. The Kier molecular flexibility index (Phi) is 8.01. The minimum atomic E-state index is 0.0423. The highest BCUT2D eigenvalue weighted by Crippen LogP contribution is 2.31. The number of benzene rings is 2. The molecule has 0 spiro atoms. The number of ether oxygens (including phenoxy) is 2. The van der Waals surface area contributed by atoms with E-state index in [0.717, 1.165) is 54.8 Å². The van der Waals surface area contributed by atoms with Gasteiger partial charge in [0, 0.05) is 37.6 Å². The fraction of sp³-hybridized carbons (Fsp3) is 0.435. The predicted octanol–water partition coefficient (Wildman–Crippen LogP) is 3.49. The molecule has 6 nitrogen and oxygen atoms in total. The molecule has 0 radical (unpaired) electrons. The molecule has 1 fully saturated rings. The maximum atomic E-state index is 12.5. The normalized spacial score (nSPS) is 15.1. The predicted molar refractivity (Wildman–Crippen MR) is 123 cm³/mol. The molecule has 7 heteroatoms. The van der Waals surface area contributed by atoms with Crippen molar-refractivity contribution in [1.29, 1.82) is 0 Å². The minimum Gasteiger partial charge on any atom is -0.493 e. The van der Waals surface area contributed by atoms with Crippen molar-refractivity contribution in [3.63, 3.8) is 0 Å². The van der Waals surface area contributed by atoms with Gasteiger partial charge in [-0.2, -0.15) is 0 Å². The molecular formula is C23H31N3O3S. The lowest BCUT2D eigenvalue weighted by molar-refractivity contribution is -0.117. The maximum Gasteiger partial charge on any atom is 0.238 e. The molecule has 0 bridgehead atoms. The number of amides is 1. The van der Waals surface area contributed by atoms with Gasteiger partial charge in [-0.25, -0.2) is 0 Å². The summed E-state index contributed by atoms with van der Waals surface area (Å²) in [6.07, 6.45) is 2.02. The first-order valence-electron chi connectivity index (χ1n) is 10.1. The lowest BCUT2D eigenvalue weighted by atomic mass is 10.1. The molecular weight excluding hydrogens is 398 g/mol. The second-order valence-corrected chi connectivity index (χ2v) is 8.28. The van der Waals surface area contributed by atoms with Crippen LogP contribution in [0, 0.1) is 6.92 Å². The summed E-state index contributed by atoms with van der Waals surface area (Å²) in [7, 11) is 3.32. The van der Waals surface area contributed by atoms with E-state index in [9.17, 15) is 4.79 Å². The van der Waals surface area contributed by atoms with Crippen LogP contribution in [0.4, 0.5) is 5.69 Å². The second kappa shape index (κ2) is 10.7. The largest absolute Gasteiger partial charge is 0.493 e. The number of para-hydroxylation sites is 1. The van der Waals surface area contributed by atoms with Gasteiger partial charge in [0.2, 0.25) is 5.91 Å². The van der Waals surface area contributed by atoms with Crippen molar-refractivity contribution in [2.45, 2.75) is 18.4 Å². The molecule has 0 saturated carbocycles. The molecule has 2 aromatic rings. The Balaban J connectivity index is 1.51. The van der Waals surface area contributed by atoms with E-state index in [0.29, 0.717) is 6.54 Å². The number of rotatable bonds is 8. The van der Waals surface area contributed by atoms with E-state index in [4.69, 9.17) is 9.47 Å². The summed E-state index contributed by atoms with van der Waals surface area (Å²) in [5.74, 6) is 1.57. The quantitative estimate of drug-likeness (QED) is 0.649. The Hall–Kier alpha value is -2.22. The molecule has 0 aliphatic carbocycles. The molecule has 1 aliphatic heterocycles. The van der Waals surface area contributed by atoms with Gasteiger partial charge in [0.1, 0.15) is 0 Å². The van der Waals surface area contributed by atoms with Gasteiger partial charge in [-0.15, -0.1) is 11.8 Å². The third kappa shape index (κ3) is 5.68. The first kappa shape index (κ1) is 22.5. The molecule has 0 aromatic heterocycles. The van der Waals surface area contributed by atoms with Crippen molar-refractivity contribution in [3.05, 3.63) is 47.5 Å². The second-order valence-electron chi connectivity index (χ2n) is 7.43. The van der Waals surface area contributed by atoms with Crippen LogP contribution in [0.3, 0.4) is 0 Å². The summed E-state index contributed by atoms with van der Waals surface area (Å²) in [6.45, 7) is 7.02. The first-order chi connectivity index (χ1) is 14.5. The average molecular weight is 430 g/mol. The molecule has 3 rings (SSSR count). The zero-order chi connectivity index (χ0) is 21.5. The molecule has 1 amide bonds. The number of hydrogen-bond donors (Lipinski definition) is 1. The minimum absolute atomic E-state index is 0.0423. The number of carbonyl (C=O) groups excluding carboxylic acids is 1. The fourth-order valence-corrected chi connectivity index (χ4v) is 4.23. The van der Waals surface area contributed by atoms with Gasteiger partial charge < -0.3 is 14.8 Å². The number of anilines is 1. The number of piperazine rings is 1. The third-order valence-corrected chi connectivity index (χ3v) is 6.25. The van der Waals surface area contributed by atoms with Gasteiger partial charge in [-0.05, 0) is 48.6 Å². The van der Waals surface area contributed by atoms with E-state index in [1.54, 1.807) is 26.0 Å². The van der Waals surface area contributed by atoms with E-state index in [2.05, 4.69) is 28.1 Å². The fourth-order valence-electron chi connectivity index (χ4n) is 3.68. The summed E-state index contributed by atoms with van der Waals surface area (Å²) in [6, 6.07) is 12.0. The van der Waals surface area contributed by atoms with Crippen molar-refractivity contribution >= 4 is 23.4 Å². The molecule has 2 aromatic carbocycles. The average Bonchev–Trinajstić information content (AvgIpc) is 2.76. The lowest BCUT2D eigenvalue weighted by Crippen LogP contribution is -2.48. The summed E-state index contributed by atoms with van der Waals surface area (Å²) in [5.41, 5.74) is 3.33. The topological polar surface area (TPSA) is 54.0 Å². The Morgan fingerprint density at radius 2 is 1.67 bits per heavy atom. The highest BCUT2D eigenvalue weighted by molar-refractivity contribution is 7.98. The molecule has 30 heavy (non-hydrogen) atoms. The maximum absolute atomic E-state index is 12.5. The Bertz CT molecular complexity index is 867. The summed E-state index contributed by atoms with van der Waals surface area (Å²) < 4.78 is 10.8. The SMILES string of the molecule is COc1cc(C)c(CN2CCN(CC(=O)Nc3ccccc3SC)CC2)cc1OC. The van der Waals surface area contributed by atoms with Crippen LogP contribution in [-0.4, -0.2) is 68.9 Å². The highest BCUT2D eigenvalue weighted by atomic mass is 32.2. The molecule has 162 valence electrons. The van der Waals surface area contributed by atoms with E-state index in [1.165, 1.54) is 11.1 Å². The number of carbonyl (C=O) groups is 1. The Labute approximate surface area is 183 Å². The van der Waals surface area contributed by atoms with Crippen LogP contribution in [-0.2, 0) is 11.3 Å². The van der Waals surface area contributed by atoms with Crippen molar-refractivity contribution in [3.8, 4) is 11.5 Å². The van der Waals surface area contributed by atoms with Crippen molar-refractivity contribution in [2.75, 3.05) is 58.5 Å². The van der Waals surface area contributed by atoms with Gasteiger partial charge in [-0.1, -0.05) is 12.1 Å². The highest BCUT2D eigenvalue weighted by Gasteiger charge is 2.20. The number of nitrogens with zero attached hydrogens (tertiary/aromatic N) is 2. The van der Waals surface area contributed by atoms with Gasteiger partial charge >= 0.3 is 0 Å². The van der Waals surface area contributed by atoms with E-state index in [-0.39, 0.29) is 5.91 Å². The lowest BCUT2D eigenvalue weighted by Gasteiger charge is -2.34. The van der Waals surface area contributed by atoms with Crippen molar-refractivity contribution in [1.82, 2.24) is 9.80 Å². The van der Waals surface area contributed by atoms with Crippen LogP contribution >= 0.6 is 11.8 Å². The third-order valence-electron chi connectivity index (χ3n) is 5.45. The van der Waals surface area contributed by atoms with Crippen LogP contribution in [0.1, 0.15) is 11.1 Å². The van der Waals surface area contributed by atoms with Crippen molar-refractivity contribution < 1.29 is 14.3 Å². The zero-order valence-electron chi connectivity index (χ0n) is 18.2. The molecule has 1 aliphatic rings.